The summed E-state index contributed by atoms with van der Waals surface area (Å²) < 4.78 is 4.97. The van der Waals surface area contributed by atoms with Crippen molar-refractivity contribution in [2.24, 2.45) is 0 Å². The number of ether oxygens (including phenoxy) is 1. The predicted molar refractivity (Wildman–Crippen MR) is 42.1 cm³/mol. The molecule has 0 heterocycles. The molecular weight excluding hydrogens is 140 g/mol. The molecule has 0 saturated heterocycles. The Morgan fingerprint density at radius 1 is 1.45 bits per heavy atom. The number of benzene rings is 1. The number of hydrogen-bond acceptors (Lipinski definition) is 1. The molecule has 0 N–H and O–H groups in total. The van der Waals surface area contributed by atoms with Gasteiger partial charge in [0, 0.05) is 0 Å². The van der Waals surface area contributed by atoms with E-state index in [-0.39, 0.29) is 0 Å². The molecule has 1 unspecified atom stereocenters. The lowest BCUT2D eigenvalue weighted by molar-refractivity contribution is 0.106. The SMILES string of the molecule is COc1cccc(C(C)[O])c1. The van der Waals surface area contributed by atoms with Crippen LogP contribution in [-0.2, 0) is 5.11 Å². The third-order valence-electron chi connectivity index (χ3n) is 1.56. The molecule has 0 bridgehead atoms. The van der Waals surface area contributed by atoms with E-state index in [9.17, 15) is 5.11 Å². The van der Waals surface area contributed by atoms with Gasteiger partial charge < -0.3 is 4.74 Å². The van der Waals surface area contributed by atoms with Gasteiger partial charge in [-0.15, -0.1) is 0 Å². The highest BCUT2D eigenvalue weighted by Gasteiger charge is 2.01. The second-order valence-corrected chi connectivity index (χ2v) is 2.42. The van der Waals surface area contributed by atoms with E-state index in [2.05, 4.69) is 0 Å². The molecule has 1 rings (SSSR count). The fraction of sp³-hybridized carbons (Fsp3) is 0.333. The summed E-state index contributed by atoms with van der Waals surface area (Å²) in [6.07, 6.45) is -0.676. The predicted octanol–water partition coefficient (Wildman–Crippen LogP) is 2.19. The van der Waals surface area contributed by atoms with Crippen LogP contribution in [0.5, 0.6) is 5.75 Å². The molecule has 0 aliphatic rings. The Morgan fingerprint density at radius 3 is 2.73 bits per heavy atom. The molecule has 1 radical (unpaired) electrons. The van der Waals surface area contributed by atoms with Gasteiger partial charge in [0.05, 0.1) is 7.11 Å². The van der Waals surface area contributed by atoms with Crippen LogP contribution >= 0.6 is 0 Å². The Kier molecular flexibility index (Phi) is 2.49. The quantitative estimate of drug-likeness (QED) is 0.637. The molecule has 1 aromatic rings. The maximum absolute atomic E-state index is 10.9. The summed E-state index contributed by atoms with van der Waals surface area (Å²) in [4.78, 5) is 0. The van der Waals surface area contributed by atoms with E-state index in [1.165, 1.54) is 0 Å². The van der Waals surface area contributed by atoms with E-state index in [1.807, 2.05) is 12.1 Å². The van der Waals surface area contributed by atoms with Gasteiger partial charge in [-0.25, -0.2) is 5.11 Å². The minimum Gasteiger partial charge on any atom is -0.497 e. The highest BCUT2D eigenvalue weighted by Crippen LogP contribution is 2.18. The second-order valence-electron chi connectivity index (χ2n) is 2.42. The van der Waals surface area contributed by atoms with Crippen LogP contribution in [0.15, 0.2) is 24.3 Å². The largest absolute Gasteiger partial charge is 0.497 e. The number of hydrogen-bond donors (Lipinski definition) is 0. The third kappa shape index (κ3) is 1.95. The van der Waals surface area contributed by atoms with Gasteiger partial charge in [0.25, 0.3) is 0 Å². The van der Waals surface area contributed by atoms with Crippen LogP contribution in [-0.4, -0.2) is 7.11 Å². The highest BCUT2D eigenvalue weighted by molar-refractivity contribution is 5.29. The normalized spacial score (nSPS) is 12.6. The minimum absolute atomic E-state index is 0.676. The lowest BCUT2D eigenvalue weighted by Gasteiger charge is -2.04. The first-order chi connectivity index (χ1) is 5.24. The van der Waals surface area contributed by atoms with Crippen LogP contribution in [0.1, 0.15) is 18.6 Å². The first-order valence-electron chi connectivity index (χ1n) is 3.54. The van der Waals surface area contributed by atoms with E-state index in [0.29, 0.717) is 0 Å². The molecule has 0 amide bonds. The summed E-state index contributed by atoms with van der Waals surface area (Å²) in [7, 11) is 1.59. The van der Waals surface area contributed by atoms with Gasteiger partial charge in [0.15, 0.2) is 0 Å². The Hall–Kier alpha value is -1.02. The summed E-state index contributed by atoms with van der Waals surface area (Å²) in [5.74, 6) is 0.741. The summed E-state index contributed by atoms with van der Waals surface area (Å²) in [5.41, 5.74) is 0.768. The maximum atomic E-state index is 10.9. The second kappa shape index (κ2) is 3.39. The lowest BCUT2D eigenvalue weighted by atomic mass is 10.1. The van der Waals surface area contributed by atoms with Gasteiger partial charge >= 0.3 is 0 Å². The van der Waals surface area contributed by atoms with Gasteiger partial charge in [-0.2, -0.15) is 0 Å². The van der Waals surface area contributed by atoms with Crippen LogP contribution < -0.4 is 4.74 Å². The molecule has 0 spiro atoms. The van der Waals surface area contributed by atoms with E-state index in [1.54, 1.807) is 26.2 Å². The van der Waals surface area contributed by atoms with Crippen LogP contribution in [0.4, 0.5) is 0 Å². The van der Waals surface area contributed by atoms with Crippen molar-refractivity contribution in [1.29, 1.82) is 0 Å². The fourth-order valence-electron chi connectivity index (χ4n) is 0.894. The zero-order chi connectivity index (χ0) is 8.27. The van der Waals surface area contributed by atoms with Gasteiger partial charge in [-0.05, 0) is 24.6 Å². The van der Waals surface area contributed by atoms with E-state index in [0.717, 1.165) is 11.3 Å². The Morgan fingerprint density at radius 2 is 2.18 bits per heavy atom. The van der Waals surface area contributed by atoms with Crippen molar-refractivity contribution >= 4 is 0 Å². The zero-order valence-corrected chi connectivity index (χ0v) is 6.70. The van der Waals surface area contributed by atoms with Crippen LogP contribution in [0.2, 0.25) is 0 Å². The Balaban J connectivity index is 2.91. The van der Waals surface area contributed by atoms with Gasteiger partial charge in [0.2, 0.25) is 0 Å². The number of methoxy groups -OCH3 is 1. The van der Waals surface area contributed by atoms with Crippen molar-refractivity contribution in [3.05, 3.63) is 29.8 Å². The van der Waals surface area contributed by atoms with E-state index >= 15 is 0 Å². The minimum atomic E-state index is -0.676. The Labute approximate surface area is 66.4 Å². The molecule has 0 aliphatic heterocycles. The van der Waals surface area contributed by atoms with Crippen LogP contribution in [0.3, 0.4) is 0 Å². The molecule has 2 heteroatoms. The van der Waals surface area contributed by atoms with Gasteiger partial charge in [-0.3, -0.25) is 0 Å². The van der Waals surface area contributed by atoms with Crippen molar-refractivity contribution in [2.75, 3.05) is 7.11 Å². The van der Waals surface area contributed by atoms with E-state index < -0.39 is 6.10 Å². The topological polar surface area (TPSA) is 29.1 Å². The summed E-state index contributed by atoms with van der Waals surface area (Å²) in [5, 5.41) is 10.9. The molecule has 11 heavy (non-hydrogen) atoms. The Bertz CT molecular complexity index is 231. The summed E-state index contributed by atoms with van der Waals surface area (Å²) >= 11 is 0. The molecule has 1 atom stereocenters. The molecule has 0 fully saturated rings. The van der Waals surface area contributed by atoms with Crippen molar-refractivity contribution in [3.8, 4) is 5.75 Å². The molecule has 0 saturated carbocycles. The molecule has 0 aliphatic carbocycles. The summed E-state index contributed by atoms with van der Waals surface area (Å²) in [6.45, 7) is 1.62. The molecule has 2 nitrogen and oxygen atoms in total. The third-order valence-corrected chi connectivity index (χ3v) is 1.56. The standard InChI is InChI=1S/C9H11O2/c1-7(10)8-4-3-5-9(6-8)11-2/h3-7H,1-2H3. The van der Waals surface area contributed by atoms with Crippen LogP contribution in [0, 0.1) is 0 Å². The number of rotatable bonds is 2. The first kappa shape index (κ1) is 8.08. The van der Waals surface area contributed by atoms with Crippen molar-refractivity contribution in [1.82, 2.24) is 0 Å². The molecular formula is C9H11O2. The maximum Gasteiger partial charge on any atom is 0.119 e. The van der Waals surface area contributed by atoms with Crippen molar-refractivity contribution in [2.45, 2.75) is 13.0 Å². The first-order valence-corrected chi connectivity index (χ1v) is 3.54. The van der Waals surface area contributed by atoms with Crippen LogP contribution in [0.25, 0.3) is 0 Å². The van der Waals surface area contributed by atoms with Crippen molar-refractivity contribution in [3.63, 3.8) is 0 Å². The molecule has 1 aromatic carbocycles. The smallest absolute Gasteiger partial charge is 0.119 e. The molecule has 0 aromatic heterocycles. The highest BCUT2D eigenvalue weighted by atomic mass is 16.5. The average Bonchev–Trinajstić information content (AvgIpc) is 2.05. The monoisotopic (exact) mass is 151 g/mol. The van der Waals surface area contributed by atoms with Gasteiger partial charge in [-0.1, -0.05) is 12.1 Å². The van der Waals surface area contributed by atoms with Crippen molar-refractivity contribution < 1.29 is 9.84 Å². The summed E-state index contributed by atoms with van der Waals surface area (Å²) in [6, 6.07) is 7.21. The average molecular weight is 151 g/mol. The van der Waals surface area contributed by atoms with Gasteiger partial charge in [0.1, 0.15) is 11.9 Å². The zero-order valence-electron chi connectivity index (χ0n) is 6.70. The lowest BCUT2D eigenvalue weighted by Crippen LogP contribution is -1.90. The molecule has 59 valence electrons. The van der Waals surface area contributed by atoms with E-state index in [4.69, 9.17) is 4.74 Å². The fourth-order valence-corrected chi connectivity index (χ4v) is 0.894.